The fourth-order valence-corrected chi connectivity index (χ4v) is 5.23. The van der Waals surface area contributed by atoms with Crippen LogP contribution in [-0.2, 0) is 15.1 Å². The smallest absolute Gasteiger partial charge is 0.168 e. The molecule has 8 heteroatoms. The summed E-state index contributed by atoms with van der Waals surface area (Å²) in [6, 6.07) is 30.2. The molecule has 1 unspecified atom stereocenters. The molecule has 37 heavy (non-hydrogen) atoms. The number of ether oxygens (including phenoxy) is 2. The van der Waals surface area contributed by atoms with Gasteiger partial charge >= 0.3 is 0 Å². The molecule has 0 aliphatic carbocycles. The molecule has 3 heterocycles. The molecule has 5 aromatic rings. The summed E-state index contributed by atoms with van der Waals surface area (Å²) in [6.45, 7) is 0.179. The van der Waals surface area contributed by atoms with Crippen LogP contribution in [0.4, 0.5) is 4.39 Å². The second-order valence-corrected chi connectivity index (χ2v) is 9.34. The van der Waals surface area contributed by atoms with E-state index >= 15 is 4.39 Å². The standard InChI is InChI=1S/C29H24ClFN4O2/c30-26-25-27(33-18-32-26)35(19-34-25)28-24(31)16-23(37-28)17-36-29(20-10-4-1-5-11-20,21-12-6-2-7-13-21)22-14-8-3-9-15-22/h1-15,18-19,23-24,28H,16-17H2/t23-,24-,28?/m0/s1. The van der Waals surface area contributed by atoms with E-state index in [1.54, 1.807) is 4.57 Å². The number of benzene rings is 3. The van der Waals surface area contributed by atoms with Gasteiger partial charge < -0.3 is 9.47 Å². The lowest BCUT2D eigenvalue weighted by Crippen LogP contribution is -2.35. The minimum absolute atomic E-state index is 0.178. The molecule has 0 N–H and O–H groups in total. The van der Waals surface area contributed by atoms with Crippen LogP contribution in [0.25, 0.3) is 11.2 Å². The van der Waals surface area contributed by atoms with E-state index in [2.05, 4.69) is 51.4 Å². The Morgan fingerprint density at radius 3 is 2.00 bits per heavy atom. The van der Waals surface area contributed by atoms with E-state index in [1.807, 2.05) is 54.6 Å². The topological polar surface area (TPSA) is 62.1 Å². The predicted molar refractivity (Wildman–Crippen MR) is 139 cm³/mol. The van der Waals surface area contributed by atoms with Crippen molar-refractivity contribution < 1.29 is 13.9 Å². The largest absolute Gasteiger partial charge is 0.358 e. The molecule has 0 saturated carbocycles. The Morgan fingerprint density at radius 1 is 0.865 bits per heavy atom. The molecule has 2 aromatic heterocycles. The van der Waals surface area contributed by atoms with E-state index in [9.17, 15) is 0 Å². The van der Waals surface area contributed by atoms with E-state index in [-0.39, 0.29) is 18.2 Å². The van der Waals surface area contributed by atoms with Crippen molar-refractivity contribution in [2.75, 3.05) is 6.61 Å². The first-order chi connectivity index (χ1) is 18.2. The van der Waals surface area contributed by atoms with Gasteiger partial charge in [-0.1, -0.05) is 103 Å². The maximum atomic E-state index is 15.3. The first kappa shape index (κ1) is 23.7. The number of hydrogen-bond donors (Lipinski definition) is 0. The third-order valence-corrected chi connectivity index (χ3v) is 7.02. The lowest BCUT2D eigenvalue weighted by atomic mass is 9.80. The summed E-state index contributed by atoms with van der Waals surface area (Å²) in [5.41, 5.74) is 2.87. The summed E-state index contributed by atoms with van der Waals surface area (Å²) >= 11 is 6.14. The fraction of sp³-hybridized carbons (Fsp3) is 0.207. The molecule has 3 aromatic carbocycles. The molecule has 1 aliphatic rings. The number of hydrogen-bond acceptors (Lipinski definition) is 5. The maximum Gasteiger partial charge on any atom is 0.168 e. The quantitative estimate of drug-likeness (QED) is 0.193. The van der Waals surface area contributed by atoms with Crippen LogP contribution in [0.1, 0.15) is 29.3 Å². The summed E-state index contributed by atoms with van der Waals surface area (Å²) < 4.78 is 29.9. The van der Waals surface area contributed by atoms with Gasteiger partial charge in [0.1, 0.15) is 23.6 Å². The van der Waals surface area contributed by atoms with Gasteiger partial charge in [0, 0.05) is 6.42 Å². The number of rotatable bonds is 7. The molecule has 186 valence electrons. The third kappa shape index (κ3) is 4.29. The normalized spacial score (nSPS) is 19.9. The Bertz CT molecular complexity index is 1390. The summed E-state index contributed by atoms with van der Waals surface area (Å²) in [5, 5.41) is 0.218. The highest BCUT2D eigenvalue weighted by molar-refractivity contribution is 6.33. The van der Waals surface area contributed by atoms with E-state index < -0.39 is 24.1 Å². The molecule has 1 fully saturated rings. The Kier molecular flexibility index (Phi) is 6.42. The van der Waals surface area contributed by atoms with Crippen molar-refractivity contribution in [1.29, 1.82) is 0 Å². The van der Waals surface area contributed by atoms with E-state index in [0.29, 0.717) is 11.2 Å². The summed E-state index contributed by atoms with van der Waals surface area (Å²) in [5.74, 6) is 0. The second-order valence-electron chi connectivity index (χ2n) is 8.98. The van der Waals surface area contributed by atoms with Gasteiger partial charge in [-0.05, 0) is 16.7 Å². The maximum absolute atomic E-state index is 15.3. The highest BCUT2D eigenvalue weighted by Gasteiger charge is 2.42. The Labute approximate surface area is 218 Å². The summed E-state index contributed by atoms with van der Waals surface area (Å²) in [7, 11) is 0. The van der Waals surface area contributed by atoms with Crippen molar-refractivity contribution in [2.24, 2.45) is 0 Å². The Hall–Kier alpha value is -3.65. The van der Waals surface area contributed by atoms with Crippen LogP contribution in [0.5, 0.6) is 0 Å². The molecular weight excluding hydrogens is 491 g/mol. The zero-order valence-electron chi connectivity index (χ0n) is 19.8. The zero-order valence-corrected chi connectivity index (χ0v) is 20.6. The molecule has 1 saturated heterocycles. The average Bonchev–Trinajstić information content (AvgIpc) is 3.54. The molecule has 0 bridgehead atoms. The van der Waals surface area contributed by atoms with E-state index in [4.69, 9.17) is 21.1 Å². The van der Waals surface area contributed by atoms with Gasteiger partial charge in [-0.3, -0.25) is 4.57 Å². The van der Waals surface area contributed by atoms with E-state index in [0.717, 1.165) is 16.7 Å². The van der Waals surface area contributed by atoms with Gasteiger partial charge in [0.2, 0.25) is 0 Å². The third-order valence-electron chi connectivity index (χ3n) is 6.74. The van der Waals surface area contributed by atoms with Crippen molar-refractivity contribution in [3.8, 4) is 0 Å². The average molecular weight is 515 g/mol. The fourth-order valence-electron chi connectivity index (χ4n) is 5.05. The SMILES string of the molecule is F[C@H]1C[C@@H](COC(c2ccccc2)(c2ccccc2)c2ccccc2)OC1n1cnc2c(Cl)ncnc21. The zero-order chi connectivity index (χ0) is 25.2. The van der Waals surface area contributed by atoms with Crippen LogP contribution in [0.15, 0.2) is 104 Å². The lowest BCUT2D eigenvalue weighted by molar-refractivity contribution is -0.0804. The minimum Gasteiger partial charge on any atom is -0.358 e. The van der Waals surface area contributed by atoms with Gasteiger partial charge in [-0.15, -0.1) is 0 Å². The second kappa shape index (κ2) is 10.0. The first-order valence-electron chi connectivity index (χ1n) is 12.1. The van der Waals surface area contributed by atoms with Gasteiger partial charge in [0.05, 0.1) is 19.0 Å². The molecular formula is C29H24ClFN4O2. The summed E-state index contributed by atoms with van der Waals surface area (Å²) in [6.07, 6.45) is 0.374. The van der Waals surface area contributed by atoms with Crippen molar-refractivity contribution in [2.45, 2.75) is 30.5 Å². The Balaban J connectivity index is 1.34. The van der Waals surface area contributed by atoms with Crippen molar-refractivity contribution >= 4 is 22.8 Å². The van der Waals surface area contributed by atoms with Gasteiger partial charge in [0.25, 0.3) is 0 Å². The van der Waals surface area contributed by atoms with Crippen LogP contribution in [0.3, 0.4) is 0 Å². The van der Waals surface area contributed by atoms with Crippen LogP contribution in [-0.4, -0.2) is 38.4 Å². The minimum atomic E-state index is -1.26. The number of alkyl halides is 1. The van der Waals surface area contributed by atoms with Crippen LogP contribution >= 0.6 is 11.6 Å². The molecule has 0 radical (unpaired) electrons. The summed E-state index contributed by atoms with van der Waals surface area (Å²) in [4.78, 5) is 12.4. The number of nitrogens with zero attached hydrogens (tertiary/aromatic N) is 4. The van der Waals surface area contributed by atoms with Crippen LogP contribution in [0.2, 0.25) is 5.15 Å². The number of imidazole rings is 1. The molecule has 6 rings (SSSR count). The predicted octanol–water partition coefficient (Wildman–Crippen LogP) is 6.11. The van der Waals surface area contributed by atoms with Crippen molar-refractivity contribution in [3.05, 3.63) is 125 Å². The van der Waals surface area contributed by atoms with Crippen molar-refractivity contribution in [1.82, 2.24) is 19.5 Å². The van der Waals surface area contributed by atoms with Crippen LogP contribution < -0.4 is 0 Å². The Morgan fingerprint density at radius 2 is 1.43 bits per heavy atom. The lowest BCUT2D eigenvalue weighted by Gasteiger charge is -2.36. The number of aromatic nitrogens is 4. The molecule has 1 aliphatic heterocycles. The molecule has 0 spiro atoms. The molecule has 3 atom stereocenters. The first-order valence-corrected chi connectivity index (χ1v) is 12.5. The monoisotopic (exact) mass is 514 g/mol. The van der Waals surface area contributed by atoms with Gasteiger partial charge in [-0.2, -0.15) is 0 Å². The van der Waals surface area contributed by atoms with Crippen molar-refractivity contribution in [3.63, 3.8) is 0 Å². The highest BCUT2D eigenvalue weighted by Crippen LogP contribution is 2.42. The van der Waals surface area contributed by atoms with Gasteiger partial charge in [-0.25, -0.2) is 19.3 Å². The highest BCUT2D eigenvalue weighted by atomic mass is 35.5. The molecule has 6 nitrogen and oxygen atoms in total. The molecule has 0 amide bonds. The number of fused-ring (bicyclic) bond motifs is 1. The van der Waals surface area contributed by atoms with Crippen LogP contribution in [0, 0.1) is 0 Å². The van der Waals surface area contributed by atoms with E-state index in [1.165, 1.54) is 12.7 Å². The van der Waals surface area contributed by atoms with Gasteiger partial charge in [0.15, 0.2) is 17.0 Å². The number of halogens is 2.